The average Bonchev–Trinajstić information content (AvgIpc) is 3.40. The Morgan fingerprint density at radius 1 is 0.660 bits per heavy atom. The largest absolute Gasteiger partial charge is 0.463 e. The molecule has 1 saturated carbocycles. The fraction of sp³-hybridized carbons (Fsp3) is 0.889. The number of carbonyl (C=O) groups is 3. The van der Waals surface area contributed by atoms with Gasteiger partial charge < -0.3 is 24.8 Å². The number of allylic oxidation sites excluding steroid dienone is 1. The van der Waals surface area contributed by atoms with E-state index in [-0.39, 0.29) is 55.6 Å². The van der Waals surface area contributed by atoms with Crippen molar-refractivity contribution in [2.45, 2.75) is 225 Å². The zero-order valence-electron chi connectivity index (χ0n) is 34.4. The summed E-state index contributed by atoms with van der Waals surface area (Å²) < 4.78 is 10.3. The number of carbonyl (C=O) groups excluding carboxylic acids is 3. The van der Waals surface area contributed by atoms with Gasteiger partial charge in [0.15, 0.2) is 0 Å². The molecule has 0 aromatic carbocycles. The van der Waals surface area contributed by atoms with E-state index >= 15 is 0 Å². The van der Waals surface area contributed by atoms with Gasteiger partial charge in [-0.25, -0.2) is 0 Å². The number of hydrogen-bond acceptors (Lipinski definition) is 8. The SMILES string of the molecule is CCCCC[C@H](O)/C=C/[C@H]1C(=O)C[C@H](O)[C@@H]1CCCCCCC(=O)OC[C@@H](O)COC(=O)CCCCCCCCCCCCCCCCCCC(C)C. The van der Waals surface area contributed by atoms with Crippen LogP contribution in [-0.4, -0.2) is 64.6 Å². The second kappa shape index (κ2) is 33.6. The maximum absolute atomic E-state index is 12.4. The summed E-state index contributed by atoms with van der Waals surface area (Å²) in [6.07, 6.45) is 31.8. The van der Waals surface area contributed by atoms with Gasteiger partial charge in [0.05, 0.1) is 12.2 Å². The molecule has 0 bridgehead atoms. The summed E-state index contributed by atoms with van der Waals surface area (Å²) in [6.45, 7) is 6.38. The molecule has 1 aliphatic carbocycles. The molecule has 0 aliphatic heterocycles. The number of ketones is 1. The maximum Gasteiger partial charge on any atom is 0.305 e. The van der Waals surface area contributed by atoms with E-state index in [1.54, 1.807) is 12.2 Å². The molecule has 0 aromatic heterocycles. The van der Waals surface area contributed by atoms with E-state index in [2.05, 4.69) is 20.8 Å². The van der Waals surface area contributed by atoms with Gasteiger partial charge >= 0.3 is 11.9 Å². The number of esters is 2. The highest BCUT2D eigenvalue weighted by molar-refractivity contribution is 5.86. The number of hydrogen-bond donors (Lipinski definition) is 3. The van der Waals surface area contributed by atoms with Gasteiger partial charge in [-0.15, -0.1) is 0 Å². The molecule has 53 heavy (non-hydrogen) atoms. The molecule has 0 aromatic rings. The minimum Gasteiger partial charge on any atom is -0.463 e. The van der Waals surface area contributed by atoms with Crippen LogP contribution < -0.4 is 0 Å². The van der Waals surface area contributed by atoms with Gasteiger partial charge in [-0.1, -0.05) is 174 Å². The topological polar surface area (TPSA) is 130 Å². The van der Waals surface area contributed by atoms with Crippen molar-refractivity contribution in [2.75, 3.05) is 13.2 Å². The molecule has 3 N–H and O–H groups in total. The predicted molar refractivity (Wildman–Crippen MR) is 215 cm³/mol. The van der Waals surface area contributed by atoms with Crippen LogP contribution in [0.3, 0.4) is 0 Å². The standard InChI is InChI=1S/C45H82O8/c1-4-5-22-28-38(46)32-33-41-40(42(48)34-43(41)49)29-24-20-21-26-31-45(51)53-36-39(47)35-52-44(50)30-25-19-17-15-13-11-9-7-6-8-10-12-14-16-18-23-27-37(2)3/h32-33,37-42,46-48H,4-31,34-36H2,1-3H3/b33-32+/t38-,39-,40+,41+,42-/m0/s1. The number of aliphatic hydroxyl groups is 3. The van der Waals surface area contributed by atoms with Crippen LogP contribution in [0, 0.1) is 17.8 Å². The third-order valence-electron chi connectivity index (χ3n) is 10.8. The zero-order valence-corrected chi connectivity index (χ0v) is 34.4. The second-order valence-corrected chi connectivity index (χ2v) is 16.4. The molecule has 0 saturated heterocycles. The summed E-state index contributed by atoms with van der Waals surface area (Å²) in [7, 11) is 0. The van der Waals surface area contributed by atoms with Gasteiger partial charge in [0, 0.05) is 25.2 Å². The Kier molecular flexibility index (Phi) is 31.2. The Bertz CT molecular complexity index is 933. The Hall–Kier alpha value is -1.77. The highest BCUT2D eigenvalue weighted by Crippen LogP contribution is 2.34. The quantitative estimate of drug-likeness (QED) is 0.0328. The minimum absolute atomic E-state index is 0.0369. The molecule has 0 unspecified atom stereocenters. The third-order valence-corrected chi connectivity index (χ3v) is 10.8. The van der Waals surface area contributed by atoms with Crippen molar-refractivity contribution in [3.05, 3.63) is 12.2 Å². The van der Waals surface area contributed by atoms with Crippen LogP contribution in [0.1, 0.15) is 207 Å². The van der Waals surface area contributed by atoms with Crippen molar-refractivity contribution in [3.63, 3.8) is 0 Å². The van der Waals surface area contributed by atoms with E-state index in [1.165, 1.54) is 89.9 Å². The third kappa shape index (κ3) is 28.3. The highest BCUT2D eigenvalue weighted by Gasteiger charge is 2.39. The van der Waals surface area contributed by atoms with Crippen molar-refractivity contribution >= 4 is 17.7 Å². The molecular weight excluding hydrogens is 668 g/mol. The van der Waals surface area contributed by atoms with Crippen LogP contribution in [0.2, 0.25) is 0 Å². The fourth-order valence-electron chi connectivity index (χ4n) is 7.41. The lowest BCUT2D eigenvalue weighted by Crippen LogP contribution is -2.25. The van der Waals surface area contributed by atoms with Gasteiger partial charge in [0.2, 0.25) is 0 Å². The second-order valence-electron chi connectivity index (χ2n) is 16.4. The smallest absolute Gasteiger partial charge is 0.305 e. The maximum atomic E-state index is 12.4. The van der Waals surface area contributed by atoms with Crippen LogP contribution in [0.15, 0.2) is 12.2 Å². The number of aliphatic hydroxyl groups excluding tert-OH is 3. The summed E-state index contributed by atoms with van der Waals surface area (Å²) in [4.78, 5) is 36.6. The van der Waals surface area contributed by atoms with Crippen molar-refractivity contribution < 1.29 is 39.2 Å². The van der Waals surface area contributed by atoms with Gasteiger partial charge in [-0.05, 0) is 37.5 Å². The Labute approximate surface area is 324 Å². The number of unbranched alkanes of at least 4 members (excludes halogenated alkanes) is 20. The van der Waals surface area contributed by atoms with Crippen molar-refractivity contribution in [1.82, 2.24) is 0 Å². The molecule has 1 aliphatic rings. The first kappa shape index (κ1) is 49.2. The molecule has 0 heterocycles. The van der Waals surface area contributed by atoms with Crippen molar-refractivity contribution in [1.29, 1.82) is 0 Å². The first-order valence-electron chi connectivity index (χ1n) is 22.2. The molecule has 5 atom stereocenters. The zero-order chi connectivity index (χ0) is 38.9. The van der Waals surface area contributed by atoms with Crippen LogP contribution in [0.25, 0.3) is 0 Å². The van der Waals surface area contributed by atoms with Crippen molar-refractivity contribution in [3.8, 4) is 0 Å². The van der Waals surface area contributed by atoms with E-state index in [4.69, 9.17) is 9.47 Å². The number of ether oxygens (including phenoxy) is 2. The molecular formula is C45H82O8. The number of rotatable bonds is 36. The molecule has 1 fully saturated rings. The molecule has 0 amide bonds. The first-order valence-corrected chi connectivity index (χ1v) is 22.2. The summed E-state index contributed by atoms with van der Waals surface area (Å²) in [5.41, 5.74) is 0. The summed E-state index contributed by atoms with van der Waals surface area (Å²) in [5.74, 6) is -0.295. The molecule has 310 valence electrons. The average molecular weight is 751 g/mol. The summed E-state index contributed by atoms with van der Waals surface area (Å²) >= 11 is 0. The lowest BCUT2D eigenvalue weighted by atomic mass is 9.88. The highest BCUT2D eigenvalue weighted by atomic mass is 16.6. The van der Waals surface area contributed by atoms with Gasteiger partial charge in [-0.2, -0.15) is 0 Å². The summed E-state index contributed by atoms with van der Waals surface area (Å²) in [5, 5.41) is 30.7. The summed E-state index contributed by atoms with van der Waals surface area (Å²) in [6, 6.07) is 0. The minimum atomic E-state index is -1.03. The van der Waals surface area contributed by atoms with E-state index < -0.39 is 18.3 Å². The molecule has 1 rings (SSSR count). The van der Waals surface area contributed by atoms with Gasteiger partial charge in [0.25, 0.3) is 0 Å². The van der Waals surface area contributed by atoms with Crippen LogP contribution >= 0.6 is 0 Å². The Morgan fingerprint density at radius 2 is 1.09 bits per heavy atom. The number of Topliss-reactive ketones (excluding diaryl/α,β-unsaturated/α-hetero) is 1. The van der Waals surface area contributed by atoms with E-state index in [0.29, 0.717) is 19.3 Å². The molecule has 8 heteroatoms. The van der Waals surface area contributed by atoms with Gasteiger partial charge in [-0.3, -0.25) is 14.4 Å². The molecule has 0 spiro atoms. The van der Waals surface area contributed by atoms with E-state index in [9.17, 15) is 29.7 Å². The van der Waals surface area contributed by atoms with Gasteiger partial charge in [0.1, 0.15) is 25.1 Å². The lowest BCUT2D eigenvalue weighted by molar-refractivity contribution is -0.152. The Balaban J connectivity index is 1.95. The molecule has 8 nitrogen and oxygen atoms in total. The van der Waals surface area contributed by atoms with Crippen LogP contribution in [0.5, 0.6) is 0 Å². The normalized spacial score (nSPS) is 18.6. The monoisotopic (exact) mass is 751 g/mol. The first-order chi connectivity index (χ1) is 25.6. The van der Waals surface area contributed by atoms with Crippen LogP contribution in [0.4, 0.5) is 0 Å². The van der Waals surface area contributed by atoms with Crippen LogP contribution in [-0.2, 0) is 23.9 Å². The van der Waals surface area contributed by atoms with E-state index in [0.717, 1.165) is 70.1 Å². The predicted octanol–water partition coefficient (Wildman–Crippen LogP) is 10.5. The lowest BCUT2D eigenvalue weighted by Gasteiger charge is -2.19. The van der Waals surface area contributed by atoms with E-state index in [1.807, 2.05) is 0 Å². The molecule has 0 radical (unpaired) electrons. The van der Waals surface area contributed by atoms with Crippen molar-refractivity contribution in [2.24, 2.45) is 17.8 Å². The Morgan fingerprint density at radius 3 is 1.57 bits per heavy atom. The fourth-order valence-corrected chi connectivity index (χ4v) is 7.41.